The Morgan fingerprint density at radius 1 is 0.944 bits per heavy atom. The van der Waals surface area contributed by atoms with Gasteiger partial charge >= 0.3 is 0 Å². The first-order chi connectivity index (χ1) is 8.56. The molecule has 2 aromatic carbocycles. The summed E-state index contributed by atoms with van der Waals surface area (Å²) in [4.78, 5) is 0. The molecule has 18 heavy (non-hydrogen) atoms. The van der Waals surface area contributed by atoms with Gasteiger partial charge < -0.3 is 0 Å². The van der Waals surface area contributed by atoms with Gasteiger partial charge in [-0.3, -0.25) is 0 Å². The summed E-state index contributed by atoms with van der Waals surface area (Å²) >= 11 is 12.0. The second-order valence-electron chi connectivity index (χ2n) is 3.97. The fraction of sp³-hybridized carbons (Fsp3) is 0.143. The summed E-state index contributed by atoms with van der Waals surface area (Å²) in [6.45, 7) is 0. The van der Waals surface area contributed by atoms with Crippen molar-refractivity contribution in [3.8, 4) is 0 Å². The van der Waals surface area contributed by atoms with Crippen molar-refractivity contribution >= 4 is 23.2 Å². The van der Waals surface area contributed by atoms with Gasteiger partial charge in [0.2, 0.25) is 0 Å². The third-order valence-corrected chi connectivity index (χ3v) is 3.29. The molecule has 0 aliphatic heterocycles. The van der Waals surface area contributed by atoms with Gasteiger partial charge in [0.1, 0.15) is 0 Å². The number of alkyl halides is 1. The van der Waals surface area contributed by atoms with Crippen molar-refractivity contribution in [1.29, 1.82) is 0 Å². The maximum Gasteiger partial charge on any atom is 0.159 e. The summed E-state index contributed by atoms with van der Waals surface area (Å²) in [5.74, 6) is -1.70. The molecule has 0 aromatic heterocycles. The predicted octanol–water partition coefficient (Wildman–Crippen LogP) is 5.14. The van der Waals surface area contributed by atoms with E-state index < -0.39 is 11.6 Å². The van der Waals surface area contributed by atoms with Crippen molar-refractivity contribution in [3.05, 3.63) is 70.2 Å². The first-order valence-electron chi connectivity index (χ1n) is 5.40. The van der Waals surface area contributed by atoms with E-state index >= 15 is 0 Å². The molecule has 0 aliphatic carbocycles. The van der Waals surface area contributed by atoms with Gasteiger partial charge in [-0.1, -0.05) is 29.8 Å². The first-order valence-corrected chi connectivity index (χ1v) is 6.21. The lowest BCUT2D eigenvalue weighted by Gasteiger charge is -2.10. The number of hydrogen-bond donors (Lipinski definition) is 0. The molecule has 0 saturated heterocycles. The standard InChI is InChI=1S/C14H10Cl2F2/c15-11-4-2-10(3-5-11)12(16)7-9-1-6-13(17)14(18)8-9/h1-6,8,12H,7H2. The second kappa shape index (κ2) is 5.68. The number of hydrogen-bond acceptors (Lipinski definition) is 0. The van der Waals surface area contributed by atoms with Crippen LogP contribution in [-0.2, 0) is 6.42 Å². The van der Waals surface area contributed by atoms with E-state index in [1.54, 1.807) is 12.1 Å². The Morgan fingerprint density at radius 3 is 2.22 bits per heavy atom. The van der Waals surface area contributed by atoms with Crippen molar-refractivity contribution < 1.29 is 8.78 Å². The molecular weight excluding hydrogens is 277 g/mol. The van der Waals surface area contributed by atoms with Gasteiger partial charge in [-0.25, -0.2) is 8.78 Å². The van der Waals surface area contributed by atoms with E-state index in [0.29, 0.717) is 17.0 Å². The lowest BCUT2D eigenvalue weighted by Crippen LogP contribution is -1.97. The van der Waals surface area contributed by atoms with Gasteiger partial charge in [-0.05, 0) is 41.8 Å². The summed E-state index contributed by atoms with van der Waals surface area (Å²) in [6.07, 6.45) is 0.431. The molecule has 0 radical (unpaired) electrons. The molecular formula is C14H10Cl2F2. The molecule has 1 unspecified atom stereocenters. The van der Waals surface area contributed by atoms with E-state index in [-0.39, 0.29) is 5.38 Å². The molecule has 0 saturated carbocycles. The van der Waals surface area contributed by atoms with Crippen LogP contribution >= 0.6 is 23.2 Å². The average Bonchev–Trinajstić information content (AvgIpc) is 2.34. The molecule has 2 aromatic rings. The quantitative estimate of drug-likeness (QED) is 0.685. The Morgan fingerprint density at radius 2 is 1.61 bits per heavy atom. The first kappa shape index (κ1) is 13.3. The Labute approximate surface area is 114 Å². The monoisotopic (exact) mass is 286 g/mol. The SMILES string of the molecule is Fc1ccc(CC(Cl)c2ccc(Cl)cc2)cc1F. The maximum absolute atomic E-state index is 13.0. The van der Waals surface area contributed by atoms with E-state index in [1.807, 2.05) is 12.1 Å². The van der Waals surface area contributed by atoms with Crippen LogP contribution in [0.25, 0.3) is 0 Å². The predicted molar refractivity (Wildman–Crippen MR) is 70.1 cm³/mol. The van der Waals surface area contributed by atoms with Crippen LogP contribution in [0.5, 0.6) is 0 Å². The summed E-state index contributed by atoms with van der Waals surface area (Å²) in [5, 5.41) is 0.336. The van der Waals surface area contributed by atoms with E-state index in [4.69, 9.17) is 23.2 Å². The zero-order chi connectivity index (χ0) is 13.1. The summed E-state index contributed by atoms with van der Waals surface area (Å²) in [7, 11) is 0. The highest BCUT2D eigenvalue weighted by Gasteiger charge is 2.10. The highest BCUT2D eigenvalue weighted by molar-refractivity contribution is 6.30. The molecule has 0 N–H and O–H groups in total. The van der Waals surface area contributed by atoms with Crippen LogP contribution in [0.4, 0.5) is 8.78 Å². The Bertz CT molecular complexity index is 538. The lowest BCUT2D eigenvalue weighted by atomic mass is 10.0. The number of benzene rings is 2. The van der Waals surface area contributed by atoms with Crippen LogP contribution in [0.3, 0.4) is 0 Å². The third-order valence-electron chi connectivity index (χ3n) is 2.63. The van der Waals surface area contributed by atoms with Gasteiger partial charge in [0.15, 0.2) is 11.6 Å². The zero-order valence-electron chi connectivity index (χ0n) is 9.34. The number of rotatable bonds is 3. The average molecular weight is 287 g/mol. The number of halogens is 4. The fourth-order valence-electron chi connectivity index (χ4n) is 1.66. The maximum atomic E-state index is 13.0. The minimum Gasteiger partial charge on any atom is -0.204 e. The van der Waals surface area contributed by atoms with Crippen LogP contribution in [-0.4, -0.2) is 0 Å². The molecule has 0 aliphatic rings. The van der Waals surface area contributed by atoms with Crippen molar-refractivity contribution in [3.63, 3.8) is 0 Å². The molecule has 2 rings (SSSR count). The third kappa shape index (κ3) is 3.21. The molecule has 1 atom stereocenters. The molecule has 0 spiro atoms. The molecule has 94 valence electrons. The highest BCUT2D eigenvalue weighted by Crippen LogP contribution is 2.26. The van der Waals surface area contributed by atoms with E-state index in [2.05, 4.69) is 0 Å². The van der Waals surface area contributed by atoms with E-state index in [0.717, 1.165) is 11.6 Å². The van der Waals surface area contributed by atoms with Gasteiger partial charge in [-0.15, -0.1) is 11.6 Å². The smallest absolute Gasteiger partial charge is 0.159 e. The molecule has 0 heterocycles. The molecule has 0 fully saturated rings. The van der Waals surface area contributed by atoms with Crippen LogP contribution in [0.2, 0.25) is 5.02 Å². The fourth-order valence-corrected chi connectivity index (χ4v) is 2.11. The second-order valence-corrected chi connectivity index (χ2v) is 4.93. The van der Waals surface area contributed by atoms with Crippen molar-refractivity contribution in [2.24, 2.45) is 0 Å². The van der Waals surface area contributed by atoms with Crippen LogP contribution in [0.1, 0.15) is 16.5 Å². The van der Waals surface area contributed by atoms with Crippen LogP contribution < -0.4 is 0 Å². The van der Waals surface area contributed by atoms with Crippen molar-refractivity contribution in [2.45, 2.75) is 11.8 Å². The lowest BCUT2D eigenvalue weighted by molar-refractivity contribution is 0.507. The van der Waals surface area contributed by atoms with E-state index in [1.165, 1.54) is 12.1 Å². The zero-order valence-corrected chi connectivity index (χ0v) is 10.8. The minimum absolute atomic E-state index is 0.299. The normalized spacial score (nSPS) is 12.4. The van der Waals surface area contributed by atoms with Gasteiger partial charge in [0, 0.05) is 5.02 Å². The van der Waals surface area contributed by atoms with Gasteiger partial charge in [0.25, 0.3) is 0 Å². The molecule has 0 bridgehead atoms. The topological polar surface area (TPSA) is 0 Å². The molecule has 0 amide bonds. The molecule has 0 nitrogen and oxygen atoms in total. The van der Waals surface area contributed by atoms with Crippen molar-refractivity contribution in [2.75, 3.05) is 0 Å². The van der Waals surface area contributed by atoms with Crippen molar-refractivity contribution in [1.82, 2.24) is 0 Å². The molecule has 4 heteroatoms. The highest BCUT2D eigenvalue weighted by atomic mass is 35.5. The largest absolute Gasteiger partial charge is 0.204 e. The van der Waals surface area contributed by atoms with E-state index in [9.17, 15) is 8.78 Å². The van der Waals surface area contributed by atoms with Gasteiger partial charge in [-0.2, -0.15) is 0 Å². The van der Waals surface area contributed by atoms with Gasteiger partial charge in [0.05, 0.1) is 5.38 Å². The summed E-state index contributed by atoms with van der Waals surface area (Å²) in [5.41, 5.74) is 1.55. The Balaban J connectivity index is 2.13. The van der Waals surface area contributed by atoms with Crippen LogP contribution in [0.15, 0.2) is 42.5 Å². The summed E-state index contributed by atoms with van der Waals surface area (Å²) in [6, 6.07) is 10.9. The minimum atomic E-state index is -0.854. The Hall–Kier alpha value is -1.12. The Kier molecular flexibility index (Phi) is 4.20. The van der Waals surface area contributed by atoms with Crippen LogP contribution in [0, 0.1) is 11.6 Å². The summed E-state index contributed by atoms with van der Waals surface area (Å²) < 4.78 is 25.8.